The Hall–Kier alpha value is -1.22. The zero-order valence-electron chi connectivity index (χ0n) is 8.98. The Morgan fingerprint density at radius 2 is 2.07 bits per heavy atom. The van der Waals surface area contributed by atoms with Gasteiger partial charge >= 0.3 is 0 Å². The monoisotopic (exact) mass is 207 g/mol. The normalized spacial score (nSPS) is 25.2. The first kappa shape index (κ1) is 10.3. The lowest BCUT2D eigenvalue weighted by Gasteiger charge is -2.18. The van der Waals surface area contributed by atoms with Crippen molar-refractivity contribution >= 4 is 0 Å². The van der Waals surface area contributed by atoms with Gasteiger partial charge < -0.3 is 15.2 Å². The summed E-state index contributed by atoms with van der Waals surface area (Å²) in [5, 5.41) is 0. The van der Waals surface area contributed by atoms with Crippen LogP contribution >= 0.6 is 0 Å². The van der Waals surface area contributed by atoms with Crippen molar-refractivity contribution in [1.82, 2.24) is 0 Å². The lowest BCUT2D eigenvalue weighted by molar-refractivity contribution is 0.191. The van der Waals surface area contributed by atoms with Crippen LogP contribution in [0.3, 0.4) is 0 Å². The third-order valence-corrected chi connectivity index (χ3v) is 2.83. The Morgan fingerprint density at radius 1 is 1.27 bits per heavy atom. The molecule has 1 aromatic carbocycles. The van der Waals surface area contributed by atoms with E-state index in [1.807, 2.05) is 24.3 Å². The molecule has 1 aliphatic carbocycles. The summed E-state index contributed by atoms with van der Waals surface area (Å²) in [6, 6.07) is 7.84. The van der Waals surface area contributed by atoms with E-state index in [0.29, 0.717) is 0 Å². The number of rotatable bonds is 3. The van der Waals surface area contributed by atoms with Crippen molar-refractivity contribution in [2.24, 2.45) is 5.73 Å². The summed E-state index contributed by atoms with van der Waals surface area (Å²) in [4.78, 5) is 0. The van der Waals surface area contributed by atoms with Crippen LogP contribution in [0.15, 0.2) is 24.3 Å². The van der Waals surface area contributed by atoms with E-state index in [1.165, 1.54) is 0 Å². The fourth-order valence-electron chi connectivity index (χ4n) is 1.95. The van der Waals surface area contributed by atoms with Crippen molar-refractivity contribution in [3.8, 4) is 11.5 Å². The highest BCUT2D eigenvalue weighted by atomic mass is 16.5. The largest absolute Gasteiger partial charge is 0.497 e. The molecule has 0 radical (unpaired) electrons. The number of benzene rings is 1. The molecule has 0 amide bonds. The maximum absolute atomic E-state index is 5.94. The Morgan fingerprint density at radius 3 is 2.73 bits per heavy atom. The smallest absolute Gasteiger partial charge is 0.123 e. The molecule has 15 heavy (non-hydrogen) atoms. The molecular formula is C12H17NO2. The Balaban J connectivity index is 2.03. The number of hydrogen-bond donors (Lipinski definition) is 1. The Kier molecular flexibility index (Phi) is 3.11. The molecule has 0 aromatic heterocycles. The summed E-state index contributed by atoms with van der Waals surface area (Å²) in [6.45, 7) is 0. The van der Waals surface area contributed by atoms with Gasteiger partial charge in [-0.3, -0.25) is 0 Å². The van der Waals surface area contributed by atoms with Crippen LogP contribution in [-0.2, 0) is 0 Å². The van der Waals surface area contributed by atoms with Crippen LogP contribution in [0.4, 0.5) is 0 Å². The molecule has 2 unspecified atom stereocenters. The predicted octanol–water partition coefficient (Wildman–Crippen LogP) is 1.95. The van der Waals surface area contributed by atoms with E-state index < -0.39 is 0 Å². The molecular weight excluding hydrogens is 190 g/mol. The average molecular weight is 207 g/mol. The SMILES string of the molecule is COc1cccc(OC2CCCC2N)c1. The van der Waals surface area contributed by atoms with Gasteiger partial charge in [-0.15, -0.1) is 0 Å². The number of hydrogen-bond acceptors (Lipinski definition) is 3. The van der Waals surface area contributed by atoms with E-state index in [-0.39, 0.29) is 12.1 Å². The van der Waals surface area contributed by atoms with E-state index in [1.54, 1.807) is 7.11 Å². The number of nitrogens with two attached hydrogens (primary N) is 1. The van der Waals surface area contributed by atoms with Crippen LogP contribution in [0.1, 0.15) is 19.3 Å². The van der Waals surface area contributed by atoms with Gasteiger partial charge in [0.2, 0.25) is 0 Å². The lowest BCUT2D eigenvalue weighted by atomic mass is 10.2. The summed E-state index contributed by atoms with van der Waals surface area (Å²) < 4.78 is 11.0. The second kappa shape index (κ2) is 4.53. The van der Waals surface area contributed by atoms with Gasteiger partial charge in [0.25, 0.3) is 0 Å². The first-order chi connectivity index (χ1) is 7.29. The molecule has 1 aliphatic rings. The molecule has 1 fully saturated rings. The maximum atomic E-state index is 5.94. The van der Waals surface area contributed by atoms with Crippen LogP contribution < -0.4 is 15.2 Å². The van der Waals surface area contributed by atoms with Gasteiger partial charge in [-0.2, -0.15) is 0 Å². The summed E-state index contributed by atoms with van der Waals surface area (Å²) in [6.07, 6.45) is 3.44. The third-order valence-electron chi connectivity index (χ3n) is 2.83. The molecule has 2 atom stereocenters. The summed E-state index contributed by atoms with van der Waals surface area (Å²) in [5.74, 6) is 1.66. The minimum Gasteiger partial charge on any atom is -0.497 e. The van der Waals surface area contributed by atoms with Crippen LogP contribution in [0.2, 0.25) is 0 Å². The van der Waals surface area contributed by atoms with Crippen molar-refractivity contribution in [3.63, 3.8) is 0 Å². The molecule has 0 spiro atoms. The first-order valence-corrected chi connectivity index (χ1v) is 5.36. The summed E-state index contributed by atoms with van der Waals surface area (Å²) in [5.41, 5.74) is 5.94. The molecule has 1 aromatic rings. The van der Waals surface area contributed by atoms with Crippen molar-refractivity contribution < 1.29 is 9.47 Å². The molecule has 0 saturated heterocycles. The fraction of sp³-hybridized carbons (Fsp3) is 0.500. The van der Waals surface area contributed by atoms with E-state index in [4.69, 9.17) is 15.2 Å². The van der Waals surface area contributed by atoms with Crippen molar-refractivity contribution in [2.75, 3.05) is 7.11 Å². The van der Waals surface area contributed by atoms with E-state index >= 15 is 0 Å². The van der Waals surface area contributed by atoms with Crippen LogP contribution in [0.25, 0.3) is 0 Å². The molecule has 2 rings (SSSR count). The molecule has 2 N–H and O–H groups in total. The van der Waals surface area contributed by atoms with Gasteiger partial charge in [-0.05, 0) is 31.4 Å². The van der Waals surface area contributed by atoms with Crippen LogP contribution in [0, 0.1) is 0 Å². The highest BCUT2D eigenvalue weighted by molar-refractivity contribution is 5.33. The zero-order valence-corrected chi connectivity index (χ0v) is 8.98. The summed E-state index contributed by atoms with van der Waals surface area (Å²) in [7, 11) is 1.65. The zero-order chi connectivity index (χ0) is 10.7. The van der Waals surface area contributed by atoms with Gasteiger partial charge in [0.05, 0.1) is 7.11 Å². The van der Waals surface area contributed by atoms with Gasteiger partial charge in [0.1, 0.15) is 17.6 Å². The van der Waals surface area contributed by atoms with Crippen molar-refractivity contribution in [1.29, 1.82) is 0 Å². The highest BCUT2D eigenvalue weighted by Gasteiger charge is 2.25. The fourth-order valence-corrected chi connectivity index (χ4v) is 1.95. The minimum atomic E-state index is 0.164. The predicted molar refractivity (Wildman–Crippen MR) is 59.2 cm³/mol. The standard InChI is InChI=1S/C12H17NO2/c1-14-9-4-2-5-10(8-9)15-12-7-3-6-11(12)13/h2,4-5,8,11-12H,3,6-7,13H2,1H3. The third kappa shape index (κ3) is 2.42. The molecule has 0 heterocycles. The molecule has 3 nitrogen and oxygen atoms in total. The van der Waals surface area contributed by atoms with Gasteiger partial charge in [-0.1, -0.05) is 6.07 Å². The number of ether oxygens (including phenoxy) is 2. The average Bonchev–Trinajstić information content (AvgIpc) is 2.65. The van der Waals surface area contributed by atoms with Crippen molar-refractivity contribution in [2.45, 2.75) is 31.4 Å². The maximum Gasteiger partial charge on any atom is 0.123 e. The van der Waals surface area contributed by atoms with E-state index in [9.17, 15) is 0 Å². The molecule has 1 saturated carbocycles. The minimum absolute atomic E-state index is 0.164. The number of methoxy groups -OCH3 is 1. The topological polar surface area (TPSA) is 44.5 Å². The lowest BCUT2D eigenvalue weighted by Crippen LogP contribution is -2.33. The molecule has 0 bridgehead atoms. The van der Waals surface area contributed by atoms with Gasteiger partial charge in [-0.25, -0.2) is 0 Å². The Labute approximate surface area is 90.2 Å². The summed E-state index contributed by atoms with van der Waals surface area (Å²) >= 11 is 0. The van der Waals surface area contributed by atoms with Crippen LogP contribution in [-0.4, -0.2) is 19.3 Å². The molecule has 3 heteroatoms. The van der Waals surface area contributed by atoms with Gasteiger partial charge in [0.15, 0.2) is 0 Å². The van der Waals surface area contributed by atoms with E-state index in [0.717, 1.165) is 30.8 Å². The Bertz CT molecular complexity index is 327. The second-order valence-corrected chi connectivity index (χ2v) is 3.93. The van der Waals surface area contributed by atoms with E-state index in [2.05, 4.69) is 0 Å². The van der Waals surface area contributed by atoms with Crippen molar-refractivity contribution in [3.05, 3.63) is 24.3 Å². The highest BCUT2D eigenvalue weighted by Crippen LogP contribution is 2.25. The molecule has 82 valence electrons. The molecule has 0 aliphatic heterocycles. The van der Waals surface area contributed by atoms with Gasteiger partial charge in [0, 0.05) is 12.1 Å². The van der Waals surface area contributed by atoms with Crippen LogP contribution in [0.5, 0.6) is 11.5 Å². The quantitative estimate of drug-likeness (QED) is 0.824. The first-order valence-electron chi connectivity index (χ1n) is 5.36. The second-order valence-electron chi connectivity index (χ2n) is 3.93.